The number of imide groups is 2. The highest BCUT2D eigenvalue weighted by atomic mass is 35.5. The van der Waals surface area contributed by atoms with Crippen molar-refractivity contribution in [1.82, 2.24) is 5.32 Å². The van der Waals surface area contributed by atoms with Crippen molar-refractivity contribution >= 4 is 70.1 Å². The zero-order valence-electron chi connectivity index (χ0n) is 19.0. The number of carbonyl (C=O) groups excluding carboxylic acids is 3. The quantitative estimate of drug-likeness (QED) is 0.168. The Morgan fingerprint density at radius 2 is 1.65 bits per heavy atom. The number of hydrogen-bond acceptors (Lipinski definition) is 6. The Morgan fingerprint density at radius 1 is 1.00 bits per heavy atom. The molecule has 0 bridgehead atoms. The van der Waals surface area contributed by atoms with Gasteiger partial charge in [0.25, 0.3) is 17.5 Å². The molecule has 1 heterocycles. The lowest BCUT2D eigenvalue weighted by molar-refractivity contribution is -0.384. The summed E-state index contributed by atoms with van der Waals surface area (Å²) in [6.45, 7) is 1.68. The summed E-state index contributed by atoms with van der Waals surface area (Å²) in [6.07, 6.45) is 1.26. The Bertz CT molecular complexity index is 1460. The summed E-state index contributed by atoms with van der Waals surface area (Å²) >= 11 is 18.8. The molecule has 0 aliphatic carbocycles. The zero-order chi connectivity index (χ0) is 26.9. The standard InChI is InChI=1S/C25H16Cl3N3O6/c1-13-18(26)3-2-4-21(13)30-24(33)17(23(32)29-25(30)34)9-15-10-19(27)22(20(28)11-15)37-12-14-5-7-16(8-6-14)31(35)36/h2-11H,12H2,1H3,(H,29,32,34)/b17-9+. The Hall–Kier alpha value is -3.92. The van der Waals surface area contributed by atoms with Crippen molar-refractivity contribution in [2.24, 2.45) is 0 Å². The van der Waals surface area contributed by atoms with Gasteiger partial charge in [-0.25, -0.2) is 9.69 Å². The number of anilines is 1. The summed E-state index contributed by atoms with van der Waals surface area (Å²) in [4.78, 5) is 49.3. The van der Waals surface area contributed by atoms with Crippen LogP contribution >= 0.6 is 34.8 Å². The molecule has 9 nitrogen and oxygen atoms in total. The van der Waals surface area contributed by atoms with Crippen LogP contribution in [0.5, 0.6) is 5.75 Å². The molecular weight excluding hydrogens is 545 g/mol. The molecule has 37 heavy (non-hydrogen) atoms. The second-order valence-corrected chi connectivity index (χ2v) is 9.09. The van der Waals surface area contributed by atoms with Gasteiger partial charge in [-0.05, 0) is 66.1 Å². The lowest BCUT2D eigenvalue weighted by atomic mass is 10.1. The number of nitrogens with one attached hydrogen (secondary N) is 1. The summed E-state index contributed by atoms with van der Waals surface area (Å²) < 4.78 is 5.69. The summed E-state index contributed by atoms with van der Waals surface area (Å²) in [6, 6.07) is 12.5. The number of barbiturate groups is 1. The Morgan fingerprint density at radius 3 is 2.27 bits per heavy atom. The predicted molar refractivity (Wildman–Crippen MR) is 139 cm³/mol. The van der Waals surface area contributed by atoms with Crippen LogP contribution in [0.3, 0.4) is 0 Å². The molecule has 1 fully saturated rings. The maximum atomic E-state index is 13.2. The number of nitro benzene ring substituents is 1. The number of hydrogen-bond donors (Lipinski definition) is 1. The molecule has 1 N–H and O–H groups in total. The first-order valence-corrected chi connectivity index (χ1v) is 11.7. The lowest BCUT2D eigenvalue weighted by Gasteiger charge is -2.27. The molecule has 0 saturated carbocycles. The number of nitro groups is 1. The first-order valence-electron chi connectivity index (χ1n) is 10.6. The van der Waals surface area contributed by atoms with Gasteiger partial charge in [-0.2, -0.15) is 0 Å². The third kappa shape index (κ3) is 5.43. The molecule has 1 saturated heterocycles. The Balaban J connectivity index is 1.59. The number of benzene rings is 3. The fourth-order valence-corrected chi connectivity index (χ4v) is 4.33. The van der Waals surface area contributed by atoms with E-state index >= 15 is 0 Å². The number of non-ortho nitro benzene ring substituents is 1. The molecule has 3 aromatic carbocycles. The van der Waals surface area contributed by atoms with Gasteiger partial charge in [-0.15, -0.1) is 0 Å². The van der Waals surface area contributed by atoms with Crippen LogP contribution in [0.4, 0.5) is 16.2 Å². The minimum absolute atomic E-state index is 0.0365. The van der Waals surface area contributed by atoms with Crippen molar-refractivity contribution in [3.05, 3.63) is 102 Å². The van der Waals surface area contributed by atoms with Crippen LogP contribution in [-0.2, 0) is 16.2 Å². The van der Waals surface area contributed by atoms with Crippen LogP contribution in [0.15, 0.2) is 60.2 Å². The molecule has 188 valence electrons. The third-order valence-electron chi connectivity index (χ3n) is 5.44. The summed E-state index contributed by atoms with van der Waals surface area (Å²) in [5.41, 5.74) is 1.32. The molecule has 0 aromatic heterocycles. The molecule has 3 aromatic rings. The van der Waals surface area contributed by atoms with E-state index in [-0.39, 0.29) is 39.3 Å². The smallest absolute Gasteiger partial charge is 0.335 e. The first-order chi connectivity index (χ1) is 17.6. The third-order valence-corrected chi connectivity index (χ3v) is 6.41. The monoisotopic (exact) mass is 559 g/mol. The molecular formula is C25H16Cl3N3O6. The summed E-state index contributed by atoms with van der Waals surface area (Å²) in [5.74, 6) is -1.57. The molecule has 12 heteroatoms. The van der Waals surface area contributed by atoms with Gasteiger partial charge in [0.05, 0.1) is 20.7 Å². The normalized spacial score (nSPS) is 14.6. The molecule has 0 radical (unpaired) electrons. The van der Waals surface area contributed by atoms with Gasteiger partial charge in [0.2, 0.25) is 0 Å². The molecule has 0 spiro atoms. The number of ether oxygens (including phenoxy) is 1. The number of nitrogens with zero attached hydrogens (tertiary/aromatic N) is 2. The first kappa shape index (κ1) is 26.2. The summed E-state index contributed by atoms with van der Waals surface area (Å²) in [5, 5.41) is 13.5. The summed E-state index contributed by atoms with van der Waals surface area (Å²) in [7, 11) is 0. The molecule has 1 aliphatic heterocycles. The average Bonchev–Trinajstić information content (AvgIpc) is 2.84. The highest BCUT2D eigenvalue weighted by Gasteiger charge is 2.37. The van der Waals surface area contributed by atoms with Gasteiger partial charge in [0.1, 0.15) is 12.2 Å². The molecule has 1 aliphatic rings. The van der Waals surface area contributed by atoms with E-state index in [1.807, 2.05) is 0 Å². The number of urea groups is 1. The largest absolute Gasteiger partial charge is 0.486 e. The van der Waals surface area contributed by atoms with Crippen LogP contribution in [-0.4, -0.2) is 22.8 Å². The van der Waals surface area contributed by atoms with Crippen LogP contribution in [0.25, 0.3) is 6.08 Å². The van der Waals surface area contributed by atoms with Crippen LogP contribution in [0.2, 0.25) is 15.1 Å². The highest BCUT2D eigenvalue weighted by molar-refractivity contribution is 6.40. The van der Waals surface area contributed by atoms with Crippen molar-refractivity contribution in [2.75, 3.05) is 4.90 Å². The van der Waals surface area contributed by atoms with E-state index < -0.39 is 22.8 Å². The molecule has 0 atom stereocenters. The Kier molecular flexibility index (Phi) is 7.49. The fourth-order valence-electron chi connectivity index (χ4n) is 3.55. The molecule has 4 rings (SSSR count). The predicted octanol–water partition coefficient (Wildman–Crippen LogP) is 6.11. The maximum absolute atomic E-state index is 13.2. The van der Waals surface area contributed by atoms with Gasteiger partial charge in [0.15, 0.2) is 5.75 Å². The lowest BCUT2D eigenvalue weighted by Crippen LogP contribution is -2.54. The number of halogens is 3. The highest BCUT2D eigenvalue weighted by Crippen LogP contribution is 2.36. The second-order valence-electron chi connectivity index (χ2n) is 7.87. The SMILES string of the molecule is Cc1c(Cl)cccc1N1C(=O)NC(=O)/C(=C\c2cc(Cl)c(OCc3ccc([N+](=O)[O-])cc3)c(Cl)c2)C1=O. The zero-order valence-corrected chi connectivity index (χ0v) is 21.2. The van der Waals surface area contributed by atoms with E-state index in [9.17, 15) is 24.5 Å². The number of rotatable bonds is 6. The van der Waals surface area contributed by atoms with Crippen molar-refractivity contribution < 1.29 is 24.0 Å². The van der Waals surface area contributed by atoms with Crippen molar-refractivity contribution in [3.8, 4) is 5.75 Å². The van der Waals surface area contributed by atoms with Crippen molar-refractivity contribution in [2.45, 2.75) is 13.5 Å². The minimum Gasteiger partial charge on any atom is -0.486 e. The van der Waals surface area contributed by atoms with Crippen LogP contribution < -0.4 is 15.0 Å². The van der Waals surface area contributed by atoms with E-state index in [4.69, 9.17) is 39.5 Å². The fraction of sp³-hybridized carbons (Fsp3) is 0.0800. The minimum atomic E-state index is -0.899. The van der Waals surface area contributed by atoms with Gasteiger partial charge in [-0.1, -0.05) is 40.9 Å². The van der Waals surface area contributed by atoms with Gasteiger partial charge in [-0.3, -0.25) is 25.0 Å². The maximum Gasteiger partial charge on any atom is 0.335 e. The van der Waals surface area contributed by atoms with Gasteiger partial charge >= 0.3 is 6.03 Å². The number of carbonyl (C=O) groups is 3. The van der Waals surface area contributed by atoms with Crippen molar-refractivity contribution in [3.63, 3.8) is 0 Å². The Labute approximate surface area is 225 Å². The van der Waals surface area contributed by atoms with E-state index in [1.54, 1.807) is 31.2 Å². The van der Waals surface area contributed by atoms with Crippen molar-refractivity contribution in [1.29, 1.82) is 0 Å². The molecule has 0 unspecified atom stereocenters. The van der Waals surface area contributed by atoms with E-state index in [0.717, 1.165) is 4.90 Å². The number of amides is 4. The molecule has 4 amide bonds. The van der Waals surface area contributed by atoms with Gasteiger partial charge in [0, 0.05) is 17.2 Å². The van der Waals surface area contributed by atoms with Crippen LogP contribution in [0, 0.1) is 17.0 Å². The second kappa shape index (κ2) is 10.6. The average molecular weight is 561 g/mol. The van der Waals surface area contributed by atoms with E-state index in [2.05, 4.69) is 5.32 Å². The topological polar surface area (TPSA) is 119 Å². The van der Waals surface area contributed by atoms with E-state index in [0.29, 0.717) is 21.7 Å². The van der Waals surface area contributed by atoms with Gasteiger partial charge < -0.3 is 4.74 Å². The van der Waals surface area contributed by atoms with E-state index in [1.165, 1.54) is 36.4 Å². The van der Waals surface area contributed by atoms with Crippen LogP contribution in [0.1, 0.15) is 16.7 Å².